The quantitative estimate of drug-likeness (QED) is 0.823. The average Bonchev–Trinajstić information content (AvgIpc) is 2.20. The van der Waals surface area contributed by atoms with Crippen LogP contribution in [-0.4, -0.2) is 18.1 Å². The van der Waals surface area contributed by atoms with Crippen molar-refractivity contribution in [2.24, 2.45) is 5.41 Å². The maximum atomic E-state index is 5.90. The van der Waals surface area contributed by atoms with E-state index in [0.717, 1.165) is 24.5 Å². The first-order chi connectivity index (χ1) is 7.21. The molecule has 2 N–H and O–H groups in total. The molecule has 15 heavy (non-hydrogen) atoms. The topological polar surface area (TPSA) is 42.2 Å². The van der Waals surface area contributed by atoms with E-state index in [0.29, 0.717) is 5.41 Å². The van der Waals surface area contributed by atoms with E-state index in [2.05, 4.69) is 23.7 Å². The second-order valence-corrected chi connectivity index (χ2v) is 4.50. The number of pyridine rings is 1. The normalized spacial score (nSPS) is 18.7. The van der Waals surface area contributed by atoms with Crippen molar-refractivity contribution < 1.29 is 0 Å². The van der Waals surface area contributed by atoms with E-state index in [1.54, 1.807) is 6.20 Å². The number of rotatable bonds is 3. The standard InChI is InChI=1S/C12H19N3/c1-3-12(4-2)8-15(9-12)11-5-6-14-7-10(11)13/h5-7H,3-4,8-9,13H2,1-2H3. The van der Waals surface area contributed by atoms with Crippen LogP contribution in [0.1, 0.15) is 26.7 Å². The molecule has 0 unspecified atom stereocenters. The van der Waals surface area contributed by atoms with E-state index in [1.807, 2.05) is 12.3 Å². The van der Waals surface area contributed by atoms with Crippen LogP contribution in [0.2, 0.25) is 0 Å². The molecule has 0 spiro atoms. The molecule has 0 amide bonds. The van der Waals surface area contributed by atoms with Gasteiger partial charge in [-0.25, -0.2) is 0 Å². The first kappa shape index (κ1) is 10.3. The Morgan fingerprint density at radius 1 is 1.40 bits per heavy atom. The maximum absolute atomic E-state index is 5.90. The molecule has 0 aliphatic carbocycles. The highest BCUT2D eigenvalue weighted by molar-refractivity contribution is 5.67. The molecule has 0 bridgehead atoms. The molecule has 1 aromatic heterocycles. The van der Waals surface area contributed by atoms with Gasteiger partial charge in [0.15, 0.2) is 0 Å². The lowest BCUT2D eigenvalue weighted by atomic mass is 9.75. The molecule has 1 aliphatic rings. The van der Waals surface area contributed by atoms with Gasteiger partial charge in [-0.2, -0.15) is 0 Å². The van der Waals surface area contributed by atoms with Crippen molar-refractivity contribution in [3.63, 3.8) is 0 Å². The molecule has 82 valence electrons. The van der Waals surface area contributed by atoms with Crippen molar-refractivity contribution in [1.82, 2.24) is 4.98 Å². The predicted octanol–water partition coefficient (Wildman–Crippen LogP) is 2.29. The summed E-state index contributed by atoms with van der Waals surface area (Å²) in [5.74, 6) is 0. The van der Waals surface area contributed by atoms with Gasteiger partial charge in [0.2, 0.25) is 0 Å². The van der Waals surface area contributed by atoms with E-state index in [9.17, 15) is 0 Å². The van der Waals surface area contributed by atoms with Crippen molar-refractivity contribution in [3.05, 3.63) is 18.5 Å². The Balaban J connectivity index is 2.09. The Kier molecular flexibility index (Phi) is 2.55. The number of aromatic nitrogens is 1. The number of anilines is 2. The summed E-state index contributed by atoms with van der Waals surface area (Å²) in [6.07, 6.45) is 6.05. The van der Waals surface area contributed by atoms with Gasteiger partial charge in [0.1, 0.15) is 0 Å². The summed E-state index contributed by atoms with van der Waals surface area (Å²) in [5, 5.41) is 0. The zero-order valence-electron chi connectivity index (χ0n) is 9.53. The molecule has 2 rings (SSSR count). The van der Waals surface area contributed by atoms with Crippen LogP contribution < -0.4 is 10.6 Å². The van der Waals surface area contributed by atoms with Crippen molar-refractivity contribution >= 4 is 11.4 Å². The SMILES string of the molecule is CCC1(CC)CN(c2ccncc2N)C1. The van der Waals surface area contributed by atoms with Crippen LogP contribution in [0.4, 0.5) is 11.4 Å². The lowest BCUT2D eigenvalue weighted by Gasteiger charge is -2.51. The van der Waals surface area contributed by atoms with Gasteiger partial charge in [-0.1, -0.05) is 13.8 Å². The molecule has 1 aromatic rings. The minimum Gasteiger partial charge on any atom is -0.396 e. The summed E-state index contributed by atoms with van der Waals surface area (Å²) in [7, 11) is 0. The molecule has 3 heteroatoms. The second kappa shape index (κ2) is 3.72. The van der Waals surface area contributed by atoms with E-state index in [-0.39, 0.29) is 0 Å². The molecular weight excluding hydrogens is 186 g/mol. The number of nitrogens with two attached hydrogens (primary N) is 1. The first-order valence-electron chi connectivity index (χ1n) is 5.65. The summed E-state index contributed by atoms with van der Waals surface area (Å²) in [4.78, 5) is 6.36. The number of hydrogen-bond donors (Lipinski definition) is 1. The molecule has 1 fully saturated rings. The fourth-order valence-electron chi connectivity index (χ4n) is 2.32. The number of nitrogens with zero attached hydrogens (tertiary/aromatic N) is 2. The fourth-order valence-corrected chi connectivity index (χ4v) is 2.32. The minimum atomic E-state index is 0.524. The number of hydrogen-bond acceptors (Lipinski definition) is 3. The van der Waals surface area contributed by atoms with Crippen molar-refractivity contribution in [3.8, 4) is 0 Å². The summed E-state index contributed by atoms with van der Waals surface area (Å²) < 4.78 is 0. The van der Waals surface area contributed by atoms with Crippen LogP contribution in [-0.2, 0) is 0 Å². The molecule has 1 aliphatic heterocycles. The Labute approximate surface area is 91.3 Å². The van der Waals surface area contributed by atoms with Crippen molar-refractivity contribution in [2.45, 2.75) is 26.7 Å². The Morgan fingerprint density at radius 2 is 2.07 bits per heavy atom. The minimum absolute atomic E-state index is 0.524. The van der Waals surface area contributed by atoms with E-state index >= 15 is 0 Å². The third-order valence-electron chi connectivity index (χ3n) is 3.72. The van der Waals surface area contributed by atoms with Gasteiger partial charge in [0.05, 0.1) is 17.6 Å². The summed E-state index contributed by atoms with van der Waals surface area (Å²) in [6.45, 7) is 6.82. The Bertz CT molecular complexity index is 336. The van der Waals surface area contributed by atoms with Gasteiger partial charge in [-0.05, 0) is 18.9 Å². The molecule has 0 atom stereocenters. The molecule has 3 nitrogen and oxygen atoms in total. The summed E-state index contributed by atoms with van der Waals surface area (Å²) in [6, 6.07) is 2.00. The lowest BCUT2D eigenvalue weighted by molar-refractivity contribution is 0.195. The van der Waals surface area contributed by atoms with Crippen LogP contribution in [0.25, 0.3) is 0 Å². The first-order valence-corrected chi connectivity index (χ1v) is 5.65. The smallest absolute Gasteiger partial charge is 0.0738 e. The molecular formula is C12H19N3. The van der Waals surface area contributed by atoms with Gasteiger partial charge >= 0.3 is 0 Å². The average molecular weight is 205 g/mol. The fraction of sp³-hybridized carbons (Fsp3) is 0.583. The largest absolute Gasteiger partial charge is 0.396 e. The second-order valence-electron chi connectivity index (χ2n) is 4.50. The van der Waals surface area contributed by atoms with Crippen LogP contribution in [0.15, 0.2) is 18.5 Å². The van der Waals surface area contributed by atoms with Crippen molar-refractivity contribution in [2.75, 3.05) is 23.7 Å². The lowest BCUT2D eigenvalue weighted by Crippen LogP contribution is -2.56. The van der Waals surface area contributed by atoms with Crippen LogP contribution in [0, 0.1) is 5.41 Å². The van der Waals surface area contributed by atoms with Crippen molar-refractivity contribution in [1.29, 1.82) is 0 Å². The third-order valence-corrected chi connectivity index (χ3v) is 3.72. The van der Waals surface area contributed by atoms with Crippen LogP contribution in [0.3, 0.4) is 0 Å². The van der Waals surface area contributed by atoms with E-state index < -0.39 is 0 Å². The highest BCUT2D eigenvalue weighted by Crippen LogP contribution is 2.41. The van der Waals surface area contributed by atoms with Crippen LogP contribution in [0.5, 0.6) is 0 Å². The number of nitrogen functional groups attached to an aromatic ring is 1. The van der Waals surface area contributed by atoms with Gasteiger partial charge in [0.25, 0.3) is 0 Å². The summed E-state index contributed by atoms with van der Waals surface area (Å²) in [5.41, 5.74) is 8.35. The molecule has 0 aromatic carbocycles. The Hall–Kier alpha value is -1.25. The van der Waals surface area contributed by atoms with Gasteiger partial charge in [-0.15, -0.1) is 0 Å². The highest BCUT2D eigenvalue weighted by atomic mass is 15.2. The van der Waals surface area contributed by atoms with Crippen LogP contribution >= 0.6 is 0 Å². The van der Waals surface area contributed by atoms with Gasteiger partial charge in [0, 0.05) is 24.7 Å². The summed E-state index contributed by atoms with van der Waals surface area (Å²) >= 11 is 0. The predicted molar refractivity (Wildman–Crippen MR) is 63.9 cm³/mol. The van der Waals surface area contributed by atoms with Gasteiger partial charge in [-0.3, -0.25) is 4.98 Å². The zero-order chi connectivity index (χ0) is 10.9. The third kappa shape index (κ3) is 1.66. The molecule has 0 saturated carbocycles. The highest BCUT2D eigenvalue weighted by Gasteiger charge is 2.40. The van der Waals surface area contributed by atoms with E-state index in [1.165, 1.54) is 12.8 Å². The Morgan fingerprint density at radius 3 is 2.60 bits per heavy atom. The monoisotopic (exact) mass is 205 g/mol. The zero-order valence-corrected chi connectivity index (χ0v) is 9.53. The molecule has 2 heterocycles. The molecule has 0 radical (unpaired) electrons. The van der Waals surface area contributed by atoms with E-state index in [4.69, 9.17) is 5.73 Å². The maximum Gasteiger partial charge on any atom is 0.0738 e. The van der Waals surface area contributed by atoms with Gasteiger partial charge < -0.3 is 10.6 Å². The molecule has 1 saturated heterocycles.